The van der Waals surface area contributed by atoms with Crippen LogP contribution in [-0.4, -0.2) is 11.4 Å². The van der Waals surface area contributed by atoms with Crippen molar-refractivity contribution >= 4 is 6.21 Å². The minimum atomic E-state index is -0.300. The Kier molecular flexibility index (Phi) is 3.91. The van der Waals surface area contributed by atoms with Gasteiger partial charge in [0.25, 0.3) is 0 Å². The van der Waals surface area contributed by atoms with Crippen molar-refractivity contribution in [3.8, 4) is 5.75 Å². The number of rotatable bonds is 4. The highest BCUT2D eigenvalue weighted by molar-refractivity contribution is 5.82. The molecule has 0 amide bonds. The summed E-state index contributed by atoms with van der Waals surface area (Å²) in [5, 5.41) is 11.5. The number of ether oxygens (including phenoxy) is 1. The quantitative estimate of drug-likeness (QED) is 0.510. The zero-order chi connectivity index (χ0) is 12.8. The molecule has 0 aliphatic carbocycles. The largest absolute Gasteiger partial charge is 0.488 e. The van der Waals surface area contributed by atoms with Crippen molar-refractivity contribution < 1.29 is 14.3 Å². The van der Waals surface area contributed by atoms with Gasteiger partial charge in [-0.1, -0.05) is 35.5 Å². The van der Waals surface area contributed by atoms with Crippen LogP contribution >= 0.6 is 0 Å². The highest BCUT2D eigenvalue weighted by Crippen LogP contribution is 2.18. The van der Waals surface area contributed by atoms with Gasteiger partial charge in [0.15, 0.2) is 0 Å². The number of benzene rings is 2. The maximum absolute atomic E-state index is 13.4. The van der Waals surface area contributed by atoms with Crippen LogP contribution in [0.5, 0.6) is 5.75 Å². The first-order valence-electron chi connectivity index (χ1n) is 5.44. The molecule has 0 fully saturated rings. The van der Waals surface area contributed by atoms with E-state index in [1.165, 1.54) is 12.3 Å². The molecule has 0 bridgehead atoms. The molecule has 18 heavy (non-hydrogen) atoms. The molecule has 2 rings (SSSR count). The van der Waals surface area contributed by atoms with Crippen LogP contribution in [0.2, 0.25) is 0 Å². The minimum Gasteiger partial charge on any atom is -0.488 e. The Balaban J connectivity index is 2.13. The summed E-state index contributed by atoms with van der Waals surface area (Å²) in [6.07, 6.45) is 1.27. The SMILES string of the molecule is ON=Cc1ccccc1OCc1ccccc1F. The van der Waals surface area contributed by atoms with Crippen molar-refractivity contribution in [2.45, 2.75) is 6.61 Å². The molecule has 4 heteroatoms. The second-order valence-corrected chi connectivity index (χ2v) is 3.66. The van der Waals surface area contributed by atoms with Gasteiger partial charge in [0.05, 0.1) is 6.21 Å². The lowest BCUT2D eigenvalue weighted by Gasteiger charge is -2.09. The fraction of sp³-hybridized carbons (Fsp3) is 0.0714. The lowest BCUT2D eigenvalue weighted by Crippen LogP contribution is -2.00. The summed E-state index contributed by atoms with van der Waals surface area (Å²) in [7, 11) is 0. The number of para-hydroxylation sites is 1. The van der Waals surface area contributed by atoms with Crippen LogP contribution in [0.3, 0.4) is 0 Å². The number of oxime groups is 1. The summed E-state index contributed by atoms with van der Waals surface area (Å²) in [5.74, 6) is 0.240. The molecule has 2 aromatic rings. The summed E-state index contributed by atoms with van der Waals surface area (Å²) in [5.41, 5.74) is 1.12. The summed E-state index contributed by atoms with van der Waals surface area (Å²) in [4.78, 5) is 0. The van der Waals surface area contributed by atoms with Crippen molar-refractivity contribution in [1.82, 2.24) is 0 Å². The first-order valence-corrected chi connectivity index (χ1v) is 5.44. The maximum atomic E-state index is 13.4. The number of nitrogens with zero attached hydrogens (tertiary/aromatic N) is 1. The van der Waals surface area contributed by atoms with Gasteiger partial charge >= 0.3 is 0 Å². The van der Waals surface area contributed by atoms with E-state index in [4.69, 9.17) is 9.94 Å². The molecule has 3 nitrogen and oxygen atoms in total. The third-order valence-electron chi connectivity index (χ3n) is 2.46. The van der Waals surface area contributed by atoms with Crippen LogP contribution in [0, 0.1) is 5.82 Å². The van der Waals surface area contributed by atoms with Crippen LogP contribution < -0.4 is 4.74 Å². The van der Waals surface area contributed by atoms with Gasteiger partial charge < -0.3 is 9.94 Å². The Hall–Kier alpha value is -2.36. The molecular formula is C14H12FNO2. The molecule has 92 valence electrons. The van der Waals surface area contributed by atoms with Gasteiger partial charge in [0.2, 0.25) is 0 Å². The lowest BCUT2D eigenvalue weighted by molar-refractivity contribution is 0.298. The molecular weight excluding hydrogens is 233 g/mol. The smallest absolute Gasteiger partial charge is 0.129 e. The topological polar surface area (TPSA) is 41.8 Å². The van der Waals surface area contributed by atoms with Crippen molar-refractivity contribution in [2.75, 3.05) is 0 Å². The van der Waals surface area contributed by atoms with E-state index in [1.54, 1.807) is 42.5 Å². The molecule has 0 saturated carbocycles. The highest BCUT2D eigenvalue weighted by Gasteiger charge is 2.04. The molecule has 0 aliphatic heterocycles. The van der Waals surface area contributed by atoms with Gasteiger partial charge in [0.1, 0.15) is 18.2 Å². The summed E-state index contributed by atoms with van der Waals surface area (Å²) >= 11 is 0. The Bertz CT molecular complexity index is 555. The van der Waals surface area contributed by atoms with Gasteiger partial charge in [-0.15, -0.1) is 0 Å². The van der Waals surface area contributed by atoms with E-state index < -0.39 is 0 Å². The van der Waals surface area contributed by atoms with Crippen molar-refractivity contribution in [2.24, 2.45) is 5.16 Å². The highest BCUT2D eigenvalue weighted by atomic mass is 19.1. The van der Waals surface area contributed by atoms with Crippen LogP contribution in [-0.2, 0) is 6.61 Å². The fourth-order valence-electron chi connectivity index (χ4n) is 1.55. The molecule has 0 atom stereocenters. The maximum Gasteiger partial charge on any atom is 0.129 e. The van der Waals surface area contributed by atoms with E-state index in [1.807, 2.05) is 0 Å². The zero-order valence-electron chi connectivity index (χ0n) is 9.58. The van der Waals surface area contributed by atoms with Crippen molar-refractivity contribution in [3.63, 3.8) is 0 Å². The van der Waals surface area contributed by atoms with Crippen LogP contribution in [0.1, 0.15) is 11.1 Å². The van der Waals surface area contributed by atoms with Crippen LogP contribution in [0.4, 0.5) is 4.39 Å². The normalized spacial score (nSPS) is 10.7. The van der Waals surface area contributed by atoms with Gasteiger partial charge in [-0.2, -0.15) is 0 Å². The molecule has 0 aromatic heterocycles. The fourth-order valence-corrected chi connectivity index (χ4v) is 1.55. The summed E-state index contributed by atoms with van der Waals surface area (Å²) in [6, 6.07) is 13.5. The summed E-state index contributed by atoms with van der Waals surface area (Å²) in [6.45, 7) is 0.128. The third kappa shape index (κ3) is 2.85. The van der Waals surface area contributed by atoms with Gasteiger partial charge in [-0.25, -0.2) is 4.39 Å². The molecule has 0 unspecified atom stereocenters. The molecule has 0 radical (unpaired) electrons. The van der Waals surface area contributed by atoms with E-state index in [9.17, 15) is 4.39 Å². The van der Waals surface area contributed by atoms with Gasteiger partial charge in [-0.3, -0.25) is 0 Å². The Morgan fingerprint density at radius 2 is 1.83 bits per heavy atom. The molecule has 0 aliphatic rings. The molecule has 1 N–H and O–H groups in total. The second kappa shape index (κ2) is 5.82. The second-order valence-electron chi connectivity index (χ2n) is 3.66. The Labute approximate surface area is 104 Å². The predicted octanol–water partition coefficient (Wildman–Crippen LogP) is 3.21. The van der Waals surface area contributed by atoms with E-state index in [-0.39, 0.29) is 12.4 Å². The number of halogens is 1. The molecule has 2 aromatic carbocycles. The van der Waals surface area contributed by atoms with Crippen LogP contribution in [0.15, 0.2) is 53.7 Å². The number of hydrogen-bond donors (Lipinski definition) is 1. The average Bonchev–Trinajstić information content (AvgIpc) is 2.40. The average molecular weight is 245 g/mol. The molecule has 0 heterocycles. The summed E-state index contributed by atoms with van der Waals surface area (Å²) < 4.78 is 18.9. The molecule has 0 spiro atoms. The first-order chi connectivity index (χ1) is 8.81. The van der Waals surface area contributed by atoms with E-state index >= 15 is 0 Å². The Morgan fingerprint density at radius 1 is 1.11 bits per heavy atom. The third-order valence-corrected chi connectivity index (χ3v) is 2.46. The van der Waals surface area contributed by atoms with E-state index in [0.717, 1.165) is 0 Å². The standard InChI is InChI=1S/C14H12FNO2/c15-13-7-3-1-6-12(13)10-18-14-8-4-2-5-11(14)9-16-17/h1-9,17H,10H2. The Morgan fingerprint density at radius 3 is 2.61 bits per heavy atom. The van der Waals surface area contributed by atoms with Crippen molar-refractivity contribution in [3.05, 3.63) is 65.5 Å². The molecule has 0 saturated heterocycles. The van der Waals surface area contributed by atoms with Gasteiger partial charge in [-0.05, 0) is 18.2 Å². The monoisotopic (exact) mass is 245 g/mol. The van der Waals surface area contributed by atoms with E-state index in [0.29, 0.717) is 16.9 Å². The minimum absolute atomic E-state index is 0.128. The zero-order valence-corrected chi connectivity index (χ0v) is 9.58. The van der Waals surface area contributed by atoms with E-state index in [2.05, 4.69) is 5.16 Å². The van der Waals surface area contributed by atoms with Crippen molar-refractivity contribution in [1.29, 1.82) is 0 Å². The predicted molar refractivity (Wildman–Crippen MR) is 66.6 cm³/mol. The first kappa shape index (κ1) is 12.1. The van der Waals surface area contributed by atoms with Crippen LogP contribution in [0.25, 0.3) is 0 Å². The number of hydrogen-bond acceptors (Lipinski definition) is 3. The van der Waals surface area contributed by atoms with Gasteiger partial charge in [0, 0.05) is 11.1 Å². The lowest BCUT2D eigenvalue weighted by atomic mass is 10.2.